The van der Waals surface area contributed by atoms with E-state index in [2.05, 4.69) is 19.2 Å². The summed E-state index contributed by atoms with van der Waals surface area (Å²) in [6.07, 6.45) is 0.675. The van der Waals surface area contributed by atoms with E-state index in [0.29, 0.717) is 24.5 Å². The fourth-order valence-corrected chi connectivity index (χ4v) is 4.59. The van der Waals surface area contributed by atoms with Crippen LogP contribution in [-0.2, 0) is 22.6 Å². The van der Waals surface area contributed by atoms with Crippen molar-refractivity contribution < 1.29 is 19.0 Å². The van der Waals surface area contributed by atoms with Gasteiger partial charge in [-0.25, -0.2) is 9.97 Å². The van der Waals surface area contributed by atoms with Gasteiger partial charge in [-0.1, -0.05) is 11.8 Å². The molecule has 0 fully saturated rings. The number of methoxy groups -OCH3 is 2. The molecule has 1 unspecified atom stereocenters. The molecular weight excluding hydrogens is 450 g/mol. The van der Waals surface area contributed by atoms with E-state index >= 15 is 0 Å². The fourth-order valence-electron chi connectivity index (χ4n) is 3.63. The van der Waals surface area contributed by atoms with Crippen molar-refractivity contribution in [3.05, 3.63) is 59.8 Å². The van der Waals surface area contributed by atoms with Gasteiger partial charge in [0, 0.05) is 23.2 Å². The van der Waals surface area contributed by atoms with Crippen LogP contribution in [0.3, 0.4) is 0 Å². The van der Waals surface area contributed by atoms with Gasteiger partial charge in [-0.2, -0.15) is 0 Å². The molecule has 1 amide bonds. The first-order valence-corrected chi connectivity index (χ1v) is 12.0. The Bertz CT molecular complexity index is 1160. The van der Waals surface area contributed by atoms with E-state index in [4.69, 9.17) is 24.2 Å². The molecule has 4 rings (SSSR count). The number of anilines is 1. The zero-order chi connectivity index (χ0) is 24.3. The summed E-state index contributed by atoms with van der Waals surface area (Å²) in [6.45, 7) is 6.41. The lowest BCUT2D eigenvalue weighted by Crippen LogP contribution is -2.33. The zero-order valence-corrected chi connectivity index (χ0v) is 20.9. The highest BCUT2D eigenvalue weighted by Crippen LogP contribution is 2.36. The van der Waals surface area contributed by atoms with Gasteiger partial charge in [-0.05, 0) is 69.3 Å². The second kappa shape index (κ2) is 10.0. The van der Waals surface area contributed by atoms with Crippen LogP contribution in [0.15, 0.2) is 53.6 Å². The molecule has 34 heavy (non-hydrogen) atoms. The number of fused-ring (bicyclic) bond motifs is 1. The van der Waals surface area contributed by atoms with Crippen molar-refractivity contribution in [2.24, 2.45) is 0 Å². The van der Waals surface area contributed by atoms with Gasteiger partial charge in [0.05, 0.1) is 37.4 Å². The second-order valence-corrected chi connectivity index (χ2v) is 10.0. The molecule has 1 N–H and O–H groups in total. The summed E-state index contributed by atoms with van der Waals surface area (Å²) in [7, 11) is 3.25. The lowest BCUT2D eigenvalue weighted by molar-refractivity contribution is -0.115. The van der Waals surface area contributed by atoms with Crippen LogP contribution in [-0.4, -0.2) is 40.9 Å². The highest BCUT2D eigenvalue weighted by atomic mass is 32.2. The molecule has 0 aliphatic carbocycles. The van der Waals surface area contributed by atoms with Crippen LogP contribution >= 0.6 is 11.8 Å². The molecule has 0 spiro atoms. The summed E-state index contributed by atoms with van der Waals surface area (Å²) >= 11 is 1.42. The average Bonchev–Trinajstić information content (AvgIpc) is 2.83. The molecule has 178 valence electrons. The first-order valence-electron chi connectivity index (χ1n) is 11.1. The third-order valence-corrected chi connectivity index (χ3v) is 6.75. The van der Waals surface area contributed by atoms with E-state index in [-0.39, 0.29) is 16.8 Å². The number of amides is 1. The van der Waals surface area contributed by atoms with Crippen molar-refractivity contribution in [3.63, 3.8) is 0 Å². The summed E-state index contributed by atoms with van der Waals surface area (Å²) in [6, 6.07) is 14.9. The molecule has 1 aromatic heterocycles. The lowest BCUT2D eigenvalue weighted by atomic mass is 9.96. The Balaban J connectivity index is 1.60. The Hall–Kier alpha value is -3.10. The molecule has 0 radical (unpaired) electrons. The largest absolute Gasteiger partial charge is 0.497 e. The Kier molecular flexibility index (Phi) is 7.09. The number of nitrogens with zero attached hydrogens (tertiary/aromatic N) is 2. The third kappa shape index (κ3) is 5.51. The number of aromatic nitrogens is 2. The molecule has 1 aliphatic rings. The Morgan fingerprint density at radius 2 is 1.65 bits per heavy atom. The number of hydrogen-bond acceptors (Lipinski definition) is 7. The molecule has 7 nitrogen and oxygen atoms in total. The van der Waals surface area contributed by atoms with Gasteiger partial charge in [0.1, 0.15) is 16.5 Å². The van der Waals surface area contributed by atoms with E-state index in [1.165, 1.54) is 11.8 Å². The molecule has 2 heterocycles. The van der Waals surface area contributed by atoms with Gasteiger partial charge in [-0.15, -0.1) is 0 Å². The summed E-state index contributed by atoms with van der Waals surface area (Å²) in [5, 5.41) is 3.35. The van der Waals surface area contributed by atoms with E-state index in [1.807, 2.05) is 55.5 Å². The second-order valence-electron chi connectivity index (χ2n) is 8.71. The van der Waals surface area contributed by atoms with E-state index in [1.54, 1.807) is 14.2 Å². The number of benzene rings is 2. The highest BCUT2D eigenvalue weighted by molar-refractivity contribution is 8.00. The van der Waals surface area contributed by atoms with Crippen LogP contribution in [0, 0.1) is 0 Å². The van der Waals surface area contributed by atoms with Crippen molar-refractivity contribution >= 4 is 23.4 Å². The molecule has 0 saturated carbocycles. The molecule has 0 bridgehead atoms. The van der Waals surface area contributed by atoms with E-state index in [0.717, 1.165) is 33.3 Å². The van der Waals surface area contributed by atoms with Crippen LogP contribution in [0.5, 0.6) is 11.5 Å². The Morgan fingerprint density at radius 1 is 1.03 bits per heavy atom. The SMILES string of the molecule is COc1ccc(NC(=O)C(C)Sc2nc(-c3ccc(OC)cc3)nc3c2COC(C)(C)C3)cc1. The first kappa shape index (κ1) is 24.0. The van der Waals surface area contributed by atoms with Gasteiger partial charge >= 0.3 is 0 Å². The van der Waals surface area contributed by atoms with Gasteiger partial charge in [0.25, 0.3) is 0 Å². The minimum atomic E-state index is -0.375. The number of nitrogens with one attached hydrogen (secondary N) is 1. The Labute approximate surface area is 204 Å². The van der Waals surface area contributed by atoms with Gasteiger partial charge in [0.2, 0.25) is 5.91 Å². The van der Waals surface area contributed by atoms with E-state index < -0.39 is 0 Å². The van der Waals surface area contributed by atoms with Gasteiger partial charge in [0.15, 0.2) is 5.82 Å². The standard InChI is InChI=1S/C26H29N3O4S/c1-16(24(30)27-18-8-12-20(32-5)13-9-18)34-25-21-15-33-26(2,3)14-22(21)28-23(29-25)17-6-10-19(31-4)11-7-17/h6-13,16H,14-15H2,1-5H3,(H,27,30). The molecule has 2 aromatic carbocycles. The highest BCUT2D eigenvalue weighted by Gasteiger charge is 2.31. The molecule has 1 aliphatic heterocycles. The zero-order valence-electron chi connectivity index (χ0n) is 20.0. The van der Waals surface area contributed by atoms with Crippen LogP contribution in [0.4, 0.5) is 5.69 Å². The van der Waals surface area contributed by atoms with Crippen LogP contribution in [0.25, 0.3) is 11.4 Å². The van der Waals surface area contributed by atoms with Crippen LogP contribution in [0.1, 0.15) is 32.0 Å². The first-order chi connectivity index (χ1) is 16.3. The van der Waals surface area contributed by atoms with Gasteiger partial charge in [-0.3, -0.25) is 4.79 Å². The van der Waals surface area contributed by atoms with Crippen LogP contribution < -0.4 is 14.8 Å². The quantitative estimate of drug-likeness (QED) is 0.371. The third-order valence-electron chi connectivity index (χ3n) is 5.62. The maximum atomic E-state index is 12.9. The predicted molar refractivity (Wildman–Crippen MR) is 134 cm³/mol. The van der Waals surface area contributed by atoms with E-state index in [9.17, 15) is 4.79 Å². The number of hydrogen-bond donors (Lipinski definition) is 1. The summed E-state index contributed by atoms with van der Waals surface area (Å²) in [4.78, 5) is 22.6. The molecule has 8 heteroatoms. The summed E-state index contributed by atoms with van der Waals surface area (Å²) in [5.74, 6) is 2.03. The van der Waals surface area contributed by atoms with Gasteiger partial charge < -0.3 is 19.5 Å². The number of thioether (sulfide) groups is 1. The normalized spacial score (nSPS) is 15.2. The fraction of sp³-hybridized carbons (Fsp3) is 0.346. The molecule has 0 saturated heterocycles. The minimum Gasteiger partial charge on any atom is -0.497 e. The maximum absolute atomic E-state index is 12.9. The summed E-state index contributed by atoms with van der Waals surface area (Å²) in [5.41, 5.74) is 3.21. The van der Waals surface area contributed by atoms with Crippen molar-refractivity contribution in [1.29, 1.82) is 0 Å². The molecular formula is C26H29N3O4S. The minimum absolute atomic E-state index is 0.106. The number of ether oxygens (including phenoxy) is 3. The van der Waals surface area contributed by atoms with Crippen molar-refractivity contribution in [1.82, 2.24) is 9.97 Å². The monoisotopic (exact) mass is 479 g/mol. The summed E-state index contributed by atoms with van der Waals surface area (Å²) < 4.78 is 16.5. The smallest absolute Gasteiger partial charge is 0.237 e. The number of carbonyl (C=O) groups excluding carboxylic acids is 1. The maximum Gasteiger partial charge on any atom is 0.237 e. The van der Waals surface area contributed by atoms with Crippen molar-refractivity contribution in [2.75, 3.05) is 19.5 Å². The predicted octanol–water partition coefficient (Wildman–Crippen LogP) is 5.13. The molecule has 3 aromatic rings. The number of rotatable bonds is 7. The lowest BCUT2D eigenvalue weighted by Gasteiger charge is -2.32. The van der Waals surface area contributed by atoms with Crippen molar-refractivity contribution in [2.45, 2.75) is 49.7 Å². The van der Waals surface area contributed by atoms with Crippen LogP contribution in [0.2, 0.25) is 0 Å². The topological polar surface area (TPSA) is 82.6 Å². The molecule has 1 atom stereocenters. The average molecular weight is 480 g/mol. The number of carbonyl (C=O) groups is 1. The van der Waals surface area contributed by atoms with Crippen molar-refractivity contribution in [3.8, 4) is 22.9 Å². The Morgan fingerprint density at radius 3 is 2.26 bits per heavy atom.